The van der Waals surface area contributed by atoms with Crippen LogP contribution in [0.5, 0.6) is 0 Å². The fraction of sp³-hybridized carbons (Fsp3) is 0.0952. The average Bonchev–Trinajstić information content (AvgIpc) is 3.19. The maximum absolute atomic E-state index is 13.3. The average molecular weight is 489 g/mol. The van der Waals surface area contributed by atoms with Gasteiger partial charge >= 0.3 is 0 Å². The molecule has 2 heterocycles. The summed E-state index contributed by atoms with van der Waals surface area (Å²) in [5, 5.41) is 10.7. The molecule has 0 aliphatic carbocycles. The standard InChI is InChI=1S/C21H17FN4O3S3/c1-12(19(27)26-15-3-2-4-16(9-15)32(23,28)29)31-21-18-17(10-30-20(18)24-11-25-21)13-5-7-14(22)8-6-13/h2-12H,1H3,(H,26,27)(H2,23,28,29)/t12-/m0/s1. The quantitative estimate of drug-likeness (QED) is 0.309. The number of rotatable bonds is 6. The number of primary sulfonamides is 1. The Hall–Kier alpha value is -2.86. The van der Waals surface area contributed by atoms with Crippen molar-refractivity contribution in [3.8, 4) is 11.1 Å². The highest BCUT2D eigenvalue weighted by Gasteiger charge is 2.20. The lowest BCUT2D eigenvalue weighted by molar-refractivity contribution is -0.115. The molecular weight excluding hydrogens is 471 g/mol. The van der Waals surface area contributed by atoms with E-state index in [2.05, 4.69) is 15.3 Å². The second-order valence-corrected chi connectivity index (χ2v) is 10.6. The predicted molar refractivity (Wildman–Crippen MR) is 125 cm³/mol. The number of carbonyl (C=O) groups excluding carboxylic acids is 1. The fourth-order valence-electron chi connectivity index (χ4n) is 2.99. The first kappa shape index (κ1) is 22.3. The molecule has 0 aliphatic rings. The number of halogens is 1. The van der Waals surface area contributed by atoms with Gasteiger partial charge in [0.15, 0.2) is 0 Å². The second-order valence-electron chi connectivity index (χ2n) is 6.84. The molecule has 0 saturated carbocycles. The van der Waals surface area contributed by atoms with Gasteiger partial charge < -0.3 is 5.32 Å². The number of nitrogens with two attached hydrogens (primary N) is 1. The summed E-state index contributed by atoms with van der Waals surface area (Å²) in [5.74, 6) is -0.650. The molecule has 1 atom stereocenters. The minimum atomic E-state index is -3.88. The number of benzene rings is 2. The molecule has 0 bridgehead atoms. The van der Waals surface area contributed by atoms with Crippen molar-refractivity contribution in [2.75, 3.05) is 5.32 Å². The summed E-state index contributed by atoms with van der Waals surface area (Å²) in [6, 6.07) is 11.9. The highest BCUT2D eigenvalue weighted by molar-refractivity contribution is 8.00. The van der Waals surface area contributed by atoms with Crippen LogP contribution in [0.15, 0.2) is 70.2 Å². The normalized spacial score (nSPS) is 12.6. The summed E-state index contributed by atoms with van der Waals surface area (Å²) < 4.78 is 36.4. The fourth-order valence-corrected chi connectivity index (χ4v) is 5.47. The summed E-state index contributed by atoms with van der Waals surface area (Å²) in [4.78, 5) is 22.1. The first-order valence-electron chi connectivity index (χ1n) is 9.31. The van der Waals surface area contributed by atoms with Crippen molar-refractivity contribution >= 4 is 54.9 Å². The molecule has 0 fully saturated rings. The van der Waals surface area contributed by atoms with Crippen molar-refractivity contribution in [1.29, 1.82) is 0 Å². The van der Waals surface area contributed by atoms with Crippen LogP contribution in [0.4, 0.5) is 10.1 Å². The van der Waals surface area contributed by atoms with Gasteiger partial charge in [0.25, 0.3) is 0 Å². The van der Waals surface area contributed by atoms with Crippen LogP contribution in [0.25, 0.3) is 21.3 Å². The molecule has 164 valence electrons. The van der Waals surface area contributed by atoms with E-state index in [0.717, 1.165) is 21.3 Å². The van der Waals surface area contributed by atoms with Crippen LogP contribution in [-0.2, 0) is 14.8 Å². The van der Waals surface area contributed by atoms with Gasteiger partial charge in [-0.2, -0.15) is 0 Å². The molecule has 0 saturated heterocycles. The number of aromatic nitrogens is 2. The Labute approximate surface area is 192 Å². The lowest BCUT2D eigenvalue weighted by atomic mass is 10.1. The van der Waals surface area contributed by atoms with E-state index in [1.54, 1.807) is 25.1 Å². The number of nitrogens with one attached hydrogen (secondary N) is 1. The van der Waals surface area contributed by atoms with Gasteiger partial charge in [0.1, 0.15) is 22.0 Å². The van der Waals surface area contributed by atoms with Gasteiger partial charge in [0.05, 0.1) is 15.5 Å². The van der Waals surface area contributed by atoms with Crippen LogP contribution in [0.2, 0.25) is 0 Å². The Morgan fingerprint density at radius 2 is 1.94 bits per heavy atom. The Bertz CT molecular complexity index is 1410. The highest BCUT2D eigenvalue weighted by atomic mass is 32.2. The van der Waals surface area contributed by atoms with Crippen molar-refractivity contribution < 1.29 is 17.6 Å². The van der Waals surface area contributed by atoms with E-state index in [1.165, 1.54) is 59.8 Å². The molecule has 0 radical (unpaired) electrons. The number of hydrogen-bond donors (Lipinski definition) is 2. The molecule has 11 heteroatoms. The summed E-state index contributed by atoms with van der Waals surface area (Å²) in [6.45, 7) is 1.72. The second kappa shape index (κ2) is 8.94. The molecular formula is C21H17FN4O3S3. The molecule has 0 unspecified atom stereocenters. The van der Waals surface area contributed by atoms with Crippen LogP contribution >= 0.6 is 23.1 Å². The van der Waals surface area contributed by atoms with Crippen molar-refractivity contribution in [3.05, 3.63) is 66.1 Å². The highest BCUT2D eigenvalue weighted by Crippen LogP contribution is 2.39. The number of thioether (sulfide) groups is 1. The maximum atomic E-state index is 13.3. The van der Waals surface area contributed by atoms with Gasteiger partial charge in [0.2, 0.25) is 15.9 Å². The number of hydrogen-bond acceptors (Lipinski definition) is 7. The molecule has 1 amide bonds. The summed E-state index contributed by atoms with van der Waals surface area (Å²) >= 11 is 2.69. The molecule has 2 aromatic carbocycles. The number of sulfonamides is 1. The van der Waals surface area contributed by atoms with E-state index in [9.17, 15) is 17.6 Å². The molecule has 32 heavy (non-hydrogen) atoms. The van der Waals surface area contributed by atoms with Crippen molar-refractivity contribution in [2.24, 2.45) is 5.14 Å². The molecule has 0 aliphatic heterocycles. The number of thiophene rings is 1. The Balaban J connectivity index is 1.59. The first-order chi connectivity index (χ1) is 15.2. The maximum Gasteiger partial charge on any atom is 0.238 e. The largest absolute Gasteiger partial charge is 0.325 e. The van der Waals surface area contributed by atoms with Crippen LogP contribution < -0.4 is 10.5 Å². The molecule has 4 aromatic rings. The zero-order valence-electron chi connectivity index (χ0n) is 16.7. The van der Waals surface area contributed by atoms with E-state index < -0.39 is 15.3 Å². The van der Waals surface area contributed by atoms with Gasteiger partial charge in [-0.05, 0) is 42.8 Å². The number of fused-ring (bicyclic) bond motifs is 1. The van der Waals surface area contributed by atoms with Crippen molar-refractivity contribution in [2.45, 2.75) is 22.1 Å². The van der Waals surface area contributed by atoms with E-state index in [1.807, 2.05) is 5.38 Å². The minimum absolute atomic E-state index is 0.0877. The Morgan fingerprint density at radius 3 is 2.66 bits per heavy atom. The van der Waals surface area contributed by atoms with Crippen LogP contribution in [0.1, 0.15) is 6.92 Å². The molecule has 7 nitrogen and oxygen atoms in total. The SMILES string of the molecule is C[C@H](Sc1ncnc2scc(-c3ccc(F)cc3)c12)C(=O)Nc1cccc(S(N)(=O)=O)c1. The van der Waals surface area contributed by atoms with Crippen molar-refractivity contribution in [1.82, 2.24) is 9.97 Å². The van der Waals surface area contributed by atoms with Crippen LogP contribution in [0.3, 0.4) is 0 Å². The van der Waals surface area contributed by atoms with E-state index >= 15 is 0 Å². The lowest BCUT2D eigenvalue weighted by Crippen LogP contribution is -2.23. The molecule has 4 rings (SSSR count). The molecule has 2 aromatic heterocycles. The minimum Gasteiger partial charge on any atom is -0.325 e. The van der Waals surface area contributed by atoms with Gasteiger partial charge in [0, 0.05) is 16.6 Å². The monoisotopic (exact) mass is 488 g/mol. The molecule has 0 spiro atoms. The summed E-state index contributed by atoms with van der Waals surface area (Å²) in [6.07, 6.45) is 1.44. The van der Waals surface area contributed by atoms with Gasteiger partial charge in [-0.25, -0.2) is 27.9 Å². The smallest absolute Gasteiger partial charge is 0.238 e. The lowest BCUT2D eigenvalue weighted by Gasteiger charge is -2.13. The first-order valence-corrected chi connectivity index (χ1v) is 12.6. The third kappa shape index (κ3) is 4.80. The van der Waals surface area contributed by atoms with Gasteiger partial charge in [-0.3, -0.25) is 4.79 Å². The number of anilines is 1. The van der Waals surface area contributed by atoms with Crippen LogP contribution in [0, 0.1) is 5.82 Å². The van der Waals surface area contributed by atoms with Crippen LogP contribution in [-0.4, -0.2) is 29.5 Å². The third-order valence-electron chi connectivity index (χ3n) is 4.58. The Kier molecular flexibility index (Phi) is 6.24. The van der Waals surface area contributed by atoms with Gasteiger partial charge in [-0.15, -0.1) is 11.3 Å². The molecule has 3 N–H and O–H groups in total. The van der Waals surface area contributed by atoms with E-state index in [4.69, 9.17) is 5.14 Å². The summed E-state index contributed by atoms with van der Waals surface area (Å²) in [7, 11) is -3.88. The zero-order valence-corrected chi connectivity index (χ0v) is 19.1. The van der Waals surface area contributed by atoms with Crippen molar-refractivity contribution in [3.63, 3.8) is 0 Å². The van der Waals surface area contributed by atoms with E-state index in [-0.39, 0.29) is 16.6 Å². The van der Waals surface area contributed by atoms with Gasteiger partial charge in [-0.1, -0.05) is 30.0 Å². The number of carbonyl (C=O) groups is 1. The predicted octanol–water partition coefficient (Wildman–Crippen LogP) is 4.26. The number of amides is 1. The topological polar surface area (TPSA) is 115 Å². The third-order valence-corrected chi connectivity index (χ3v) is 7.48. The Morgan fingerprint density at radius 1 is 1.19 bits per heavy atom. The zero-order chi connectivity index (χ0) is 22.9. The van der Waals surface area contributed by atoms with E-state index in [0.29, 0.717) is 10.7 Å². The summed E-state index contributed by atoms with van der Waals surface area (Å²) in [5.41, 5.74) is 2.01. The number of nitrogens with zero attached hydrogens (tertiary/aromatic N) is 2.